The van der Waals surface area contributed by atoms with Crippen LogP contribution in [0.1, 0.15) is 5.56 Å². The van der Waals surface area contributed by atoms with Gasteiger partial charge in [-0.05, 0) is 5.56 Å². The van der Waals surface area contributed by atoms with Crippen LogP contribution < -0.4 is 0 Å². The number of oxime groups is 1. The van der Waals surface area contributed by atoms with Crippen LogP contribution in [0, 0.1) is 0 Å². The first-order chi connectivity index (χ1) is 6.36. The van der Waals surface area contributed by atoms with E-state index in [1.54, 1.807) is 7.11 Å². The van der Waals surface area contributed by atoms with Gasteiger partial charge in [-0.2, -0.15) is 0 Å². The molecule has 0 aliphatic rings. The molecule has 0 aliphatic carbocycles. The minimum Gasteiger partial charge on any atom is -0.482 e. The Bertz CT molecular complexity index is 270. The molecule has 0 spiro atoms. The molecule has 0 radical (unpaired) electrons. The van der Waals surface area contributed by atoms with Crippen molar-refractivity contribution in [1.29, 1.82) is 0 Å². The first kappa shape index (κ1) is 9.58. The van der Waals surface area contributed by atoms with Gasteiger partial charge in [0.25, 0.3) is 0 Å². The summed E-state index contributed by atoms with van der Waals surface area (Å²) in [5.74, 6) is 0.578. The zero-order valence-corrected chi connectivity index (χ0v) is 7.86. The molecule has 0 aromatic heterocycles. The second-order valence-electron chi connectivity index (χ2n) is 2.53. The zero-order chi connectivity index (χ0) is 9.52. The topological polar surface area (TPSA) is 30.8 Å². The fraction of sp³-hybridized carbons (Fsp3) is 0.300. The Hall–Kier alpha value is -1.51. The molecule has 0 N–H and O–H groups in total. The van der Waals surface area contributed by atoms with Gasteiger partial charge in [-0.3, -0.25) is 0 Å². The highest BCUT2D eigenvalue weighted by molar-refractivity contribution is 5.77. The number of benzene rings is 1. The van der Waals surface area contributed by atoms with Crippen molar-refractivity contribution in [1.82, 2.24) is 0 Å². The second kappa shape index (κ2) is 5.19. The first-order valence-electron chi connectivity index (χ1n) is 4.04. The maximum absolute atomic E-state index is 5.02. The minimum atomic E-state index is 0.578. The molecule has 0 atom stereocenters. The van der Waals surface area contributed by atoms with Crippen molar-refractivity contribution in [3.63, 3.8) is 0 Å². The van der Waals surface area contributed by atoms with Crippen LogP contribution in [0.25, 0.3) is 0 Å². The van der Waals surface area contributed by atoms with Crippen LogP contribution in [0.5, 0.6) is 0 Å². The van der Waals surface area contributed by atoms with Crippen LogP contribution in [-0.4, -0.2) is 20.1 Å². The maximum atomic E-state index is 5.02. The van der Waals surface area contributed by atoms with E-state index in [2.05, 4.69) is 9.99 Å². The Kier molecular flexibility index (Phi) is 3.82. The van der Waals surface area contributed by atoms with Crippen LogP contribution >= 0.6 is 0 Å². The highest BCUT2D eigenvalue weighted by atomic mass is 16.6. The van der Waals surface area contributed by atoms with Gasteiger partial charge in [0.05, 0.1) is 13.5 Å². The van der Waals surface area contributed by atoms with Crippen LogP contribution in [0.3, 0.4) is 0 Å². The Morgan fingerprint density at radius 1 is 1.23 bits per heavy atom. The third-order valence-electron chi connectivity index (χ3n) is 1.63. The number of rotatable bonds is 3. The van der Waals surface area contributed by atoms with E-state index in [4.69, 9.17) is 4.74 Å². The number of hydrogen-bond donors (Lipinski definition) is 0. The summed E-state index contributed by atoms with van der Waals surface area (Å²) in [6.07, 6.45) is 0.658. The Balaban J connectivity index is 2.62. The Morgan fingerprint density at radius 2 is 1.92 bits per heavy atom. The summed E-state index contributed by atoms with van der Waals surface area (Å²) in [5, 5.41) is 3.73. The number of methoxy groups -OCH3 is 1. The quantitative estimate of drug-likeness (QED) is 0.402. The fourth-order valence-corrected chi connectivity index (χ4v) is 1.01. The average molecular weight is 179 g/mol. The molecule has 0 bridgehead atoms. The van der Waals surface area contributed by atoms with Crippen LogP contribution in [0.15, 0.2) is 35.5 Å². The molecule has 3 nitrogen and oxygen atoms in total. The summed E-state index contributed by atoms with van der Waals surface area (Å²) in [5.41, 5.74) is 1.15. The largest absolute Gasteiger partial charge is 0.482 e. The van der Waals surface area contributed by atoms with Crippen molar-refractivity contribution in [3.8, 4) is 0 Å². The molecule has 1 rings (SSSR count). The van der Waals surface area contributed by atoms with E-state index in [9.17, 15) is 0 Å². The predicted octanol–water partition coefficient (Wildman–Crippen LogP) is 1.84. The second-order valence-corrected chi connectivity index (χ2v) is 2.53. The summed E-state index contributed by atoms with van der Waals surface area (Å²) in [7, 11) is 3.09. The van der Waals surface area contributed by atoms with Gasteiger partial charge in [0.15, 0.2) is 0 Å². The van der Waals surface area contributed by atoms with Gasteiger partial charge in [-0.1, -0.05) is 35.5 Å². The molecule has 0 fully saturated rings. The van der Waals surface area contributed by atoms with Gasteiger partial charge in [0, 0.05) is 0 Å². The molecule has 70 valence electrons. The third-order valence-corrected chi connectivity index (χ3v) is 1.63. The molecule has 13 heavy (non-hydrogen) atoms. The van der Waals surface area contributed by atoms with E-state index in [1.807, 2.05) is 30.3 Å². The van der Waals surface area contributed by atoms with Gasteiger partial charge in [0.1, 0.15) is 7.11 Å². The van der Waals surface area contributed by atoms with Gasteiger partial charge < -0.3 is 9.57 Å². The minimum absolute atomic E-state index is 0.578. The SMILES string of the molecule is CO/N=C(\Cc1ccccc1)OC. The van der Waals surface area contributed by atoms with Gasteiger partial charge in [-0.15, -0.1) is 0 Å². The lowest BCUT2D eigenvalue weighted by Gasteiger charge is -2.03. The first-order valence-corrected chi connectivity index (χ1v) is 4.04. The van der Waals surface area contributed by atoms with E-state index in [-0.39, 0.29) is 0 Å². The van der Waals surface area contributed by atoms with E-state index in [1.165, 1.54) is 7.11 Å². The Labute approximate surface area is 78.0 Å². The van der Waals surface area contributed by atoms with Crippen molar-refractivity contribution in [2.75, 3.05) is 14.2 Å². The van der Waals surface area contributed by atoms with Crippen molar-refractivity contribution >= 4 is 5.90 Å². The van der Waals surface area contributed by atoms with Crippen LogP contribution in [-0.2, 0) is 16.0 Å². The zero-order valence-electron chi connectivity index (χ0n) is 7.86. The number of ether oxygens (including phenoxy) is 1. The van der Waals surface area contributed by atoms with Gasteiger partial charge >= 0.3 is 0 Å². The van der Waals surface area contributed by atoms with Crippen molar-refractivity contribution in [2.45, 2.75) is 6.42 Å². The molecule has 1 aromatic carbocycles. The molecule has 3 heteroatoms. The molecular formula is C10H13NO2. The van der Waals surface area contributed by atoms with Crippen molar-refractivity contribution in [3.05, 3.63) is 35.9 Å². The number of nitrogens with zero attached hydrogens (tertiary/aromatic N) is 1. The number of hydrogen-bond acceptors (Lipinski definition) is 3. The molecular weight excluding hydrogens is 166 g/mol. The van der Waals surface area contributed by atoms with Crippen molar-refractivity contribution < 1.29 is 9.57 Å². The monoisotopic (exact) mass is 179 g/mol. The molecule has 0 amide bonds. The summed E-state index contributed by atoms with van der Waals surface area (Å²) in [6.45, 7) is 0. The predicted molar refractivity (Wildman–Crippen MR) is 51.6 cm³/mol. The highest BCUT2D eigenvalue weighted by Crippen LogP contribution is 2.01. The molecule has 0 unspecified atom stereocenters. The molecule has 1 aromatic rings. The maximum Gasteiger partial charge on any atom is 0.229 e. The third kappa shape index (κ3) is 3.15. The van der Waals surface area contributed by atoms with Gasteiger partial charge in [0.2, 0.25) is 5.90 Å². The van der Waals surface area contributed by atoms with E-state index >= 15 is 0 Å². The van der Waals surface area contributed by atoms with E-state index in [0.29, 0.717) is 12.3 Å². The standard InChI is InChI=1S/C10H13NO2/c1-12-10(11-13-2)8-9-6-4-3-5-7-9/h3-7H,8H2,1-2H3/b11-10+. The average Bonchev–Trinajstić information content (AvgIpc) is 2.19. The lowest BCUT2D eigenvalue weighted by Crippen LogP contribution is -2.05. The van der Waals surface area contributed by atoms with E-state index in [0.717, 1.165) is 5.56 Å². The smallest absolute Gasteiger partial charge is 0.229 e. The summed E-state index contributed by atoms with van der Waals surface area (Å²) >= 11 is 0. The van der Waals surface area contributed by atoms with Gasteiger partial charge in [-0.25, -0.2) is 0 Å². The van der Waals surface area contributed by atoms with Crippen LogP contribution in [0.4, 0.5) is 0 Å². The molecule has 0 saturated carbocycles. The molecule has 0 heterocycles. The fourth-order valence-electron chi connectivity index (χ4n) is 1.01. The molecule has 0 saturated heterocycles. The van der Waals surface area contributed by atoms with E-state index < -0.39 is 0 Å². The lowest BCUT2D eigenvalue weighted by atomic mass is 10.1. The lowest BCUT2D eigenvalue weighted by molar-refractivity contribution is 0.197. The summed E-state index contributed by atoms with van der Waals surface area (Å²) < 4.78 is 5.02. The van der Waals surface area contributed by atoms with Crippen LogP contribution in [0.2, 0.25) is 0 Å². The summed E-state index contributed by atoms with van der Waals surface area (Å²) in [6, 6.07) is 9.97. The highest BCUT2D eigenvalue weighted by Gasteiger charge is 2.00. The summed E-state index contributed by atoms with van der Waals surface area (Å²) in [4.78, 5) is 4.63. The normalized spacial score (nSPS) is 11.1. The molecule has 0 aliphatic heterocycles. The Morgan fingerprint density at radius 3 is 2.46 bits per heavy atom. The van der Waals surface area contributed by atoms with Crippen molar-refractivity contribution in [2.24, 2.45) is 5.16 Å².